The summed E-state index contributed by atoms with van der Waals surface area (Å²) in [6.07, 6.45) is 5.74. The van der Waals surface area contributed by atoms with Gasteiger partial charge >= 0.3 is 0 Å². The highest BCUT2D eigenvalue weighted by Gasteiger charge is 2.33. The standard InChI is InChI=1S/C15H21FO/c1-2-12-6-4-8-15(17,10-12)11-13-5-3-7-14(16)9-13/h3,5,7,9,12,17H,2,4,6,8,10-11H2,1H3. The molecule has 1 N–H and O–H groups in total. The van der Waals surface area contributed by atoms with E-state index in [0.717, 1.165) is 31.2 Å². The molecule has 0 bridgehead atoms. The maximum atomic E-state index is 13.1. The van der Waals surface area contributed by atoms with E-state index in [-0.39, 0.29) is 5.82 Å². The zero-order valence-electron chi connectivity index (χ0n) is 10.5. The van der Waals surface area contributed by atoms with Crippen LogP contribution in [-0.4, -0.2) is 10.7 Å². The number of halogens is 1. The van der Waals surface area contributed by atoms with Crippen LogP contribution in [0.5, 0.6) is 0 Å². The Morgan fingerprint density at radius 1 is 1.47 bits per heavy atom. The molecule has 2 rings (SSSR count). The smallest absolute Gasteiger partial charge is 0.123 e. The Bertz CT molecular complexity index is 377. The lowest BCUT2D eigenvalue weighted by molar-refractivity contribution is -0.0162. The Balaban J connectivity index is 2.06. The third-order valence-corrected chi connectivity index (χ3v) is 3.92. The van der Waals surface area contributed by atoms with Gasteiger partial charge < -0.3 is 5.11 Å². The van der Waals surface area contributed by atoms with E-state index >= 15 is 0 Å². The first-order chi connectivity index (χ1) is 8.11. The summed E-state index contributed by atoms with van der Waals surface area (Å²) in [5.41, 5.74) is 0.288. The third kappa shape index (κ3) is 3.29. The molecule has 1 saturated carbocycles. The van der Waals surface area contributed by atoms with Crippen LogP contribution in [0.4, 0.5) is 4.39 Å². The zero-order valence-corrected chi connectivity index (χ0v) is 10.5. The summed E-state index contributed by atoms with van der Waals surface area (Å²) in [6.45, 7) is 2.18. The van der Waals surface area contributed by atoms with Crippen LogP contribution in [0.1, 0.15) is 44.6 Å². The van der Waals surface area contributed by atoms with Crippen molar-refractivity contribution in [1.29, 1.82) is 0 Å². The van der Waals surface area contributed by atoms with Gasteiger partial charge in [0.05, 0.1) is 5.60 Å². The molecular formula is C15H21FO. The first-order valence-electron chi connectivity index (χ1n) is 6.58. The molecule has 1 aliphatic rings. The second kappa shape index (κ2) is 5.18. The van der Waals surface area contributed by atoms with Crippen molar-refractivity contribution in [3.8, 4) is 0 Å². The maximum Gasteiger partial charge on any atom is 0.123 e. The molecule has 1 fully saturated rings. The molecule has 17 heavy (non-hydrogen) atoms. The Hall–Kier alpha value is -0.890. The van der Waals surface area contributed by atoms with Gasteiger partial charge in [0.1, 0.15) is 5.82 Å². The average molecular weight is 236 g/mol. The molecule has 0 aromatic heterocycles. The van der Waals surface area contributed by atoms with E-state index in [1.807, 2.05) is 6.07 Å². The molecule has 1 aliphatic carbocycles. The second-order valence-electron chi connectivity index (χ2n) is 5.40. The van der Waals surface area contributed by atoms with Gasteiger partial charge in [0.15, 0.2) is 0 Å². The molecule has 1 nitrogen and oxygen atoms in total. The molecule has 2 heteroatoms. The Morgan fingerprint density at radius 2 is 2.29 bits per heavy atom. The van der Waals surface area contributed by atoms with Gasteiger partial charge in [-0.25, -0.2) is 4.39 Å². The highest BCUT2D eigenvalue weighted by atomic mass is 19.1. The van der Waals surface area contributed by atoms with E-state index in [2.05, 4.69) is 6.92 Å². The fourth-order valence-corrected chi connectivity index (χ4v) is 3.00. The van der Waals surface area contributed by atoms with Crippen LogP contribution in [0.15, 0.2) is 24.3 Å². The van der Waals surface area contributed by atoms with Gasteiger partial charge in [0.2, 0.25) is 0 Å². The lowest BCUT2D eigenvalue weighted by Crippen LogP contribution is -2.37. The molecule has 0 spiro atoms. The normalized spacial score (nSPS) is 29.2. The molecule has 1 aromatic carbocycles. The minimum Gasteiger partial charge on any atom is -0.390 e. The summed E-state index contributed by atoms with van der Waals surface area (Å²) in [5.74, 6) is 0.413. The first-order valence-corrected chi connectivity index (χ1v) is 6.58. The quantitative estimate of drug-likeness (QED) is 0.848. The minimum absolute atomic E-state index is 0.214. The highest BCUT2D eigenvalue weighted by Crippen LogP contribution is 2.36. The molecule has 0 amide bonds. The van der Waals surface area contributed by atoms with Gasteiger partial charge in [-0.05, 0) is 36.5 Å². The summed E-state index contributed by atoms with van der Waals surface area (Å²) in [7, 11) is 0. The van der Waals surface area contributed by atoms with Crippen LogP contribution in [-0.2, 0) is 6.42 Å². The summed E-state index contributed by atoms with van der Waals surface area (Å²) in [6, 6.07) is 6.60. The van der Waals surface area contributed by atoms with Crippen LogP contribution >= 0.6 is 0 Å². The minimum atomic E-state index is -0.618. The average Bonchev–Trinajstić information content (AvgIpc) is 2.28. The largest absolute Gasteiger partial charge is 0.390 e. The fourth-order valence-electron chi connectivity index (χ4n) is 3.00. The van der Waals surface area contributed by atoms with E-state index < -0.39 is 5.60 Å². The number of aliphatic hydroxyl groups is 1. The predicted molar refractivity (Wildman–Crippen MR) is 67.3 cm³/mol. The second-order valence-corrected chi connectivity index (χ2v) is 5.40. The first kappa shape index (κ1) is 12.6. The molecule has 2 atom stereocenters. The van der Waals surface area contributed by atoms with Crippen molar-refractivity contribution in [3.63, 3.8) is 0 Å². The van der Waals surface area contributed by atoms with Crippen molar-refractivity contribution in [3.05, 3.63) is 35.6 Å². The van der Waals surface area contributed by atoms with Gasteiger partial charge in [-0.3, -0.25) is 0 Å². The van der Waals surface area contributed by atoms with Crippen LogP contribution in [0.2, 0.25) is 0 Å². The van der Waals surface area contributed by atoms with E-state index in [1.54, 1.807) is 6.07 Å². The lowest BCUT2D eigenvalue weighted by Gasteiger charge is -2.36. The topological polar surface area (TPSA) is 20.2 Å². The van der Waals surface area contributed by atoms with Gasteiger partial charge in [0, 0.05) is 6.42 Å². The Morgan fingerprint density at radius 3 is 3.00 bits per heavy atom. The third-order valence-electron chi connectivity index (χ3n) is 3.92. The summed E-state index contributed by atoms with van der Waals surface area (Å²) in [5, 5.41) is 10.6. The SMILES string of the molecule is CCC1CCCC(O)(Cc2cccc(F)c2)C1. The molecule has 0 heterocycles. The summed E-state index contributed by atoms with van der Waals surface area (Å²) < 4.78 is 13.1. The number of rotatable bonds is 3. The van der Waals surface area contributed by atoms with E-state index in [9.17, 15) is 9.50 Å². The molecular weight excluding hydrogens is 215 g/mol. The molecule has 1 aromatic rings. The highest BCUT2D eigenvalue weighted by molar-refractivity contribution is 5.18. The zero-order chi connectivity index (χ0) is 12.3. The summed E-state index contributed by atoms with van der Waals surface area (Å²) in [4.78, 5) is 0. The van der Waals surface area contributed by atoms with Crippen molar-refractivity contribution >= 4 is 0 Å². The molecule has 2 unspecified atom stereocenters. The van der Waals surface area contributed by atoms with E-state index in [4.69, 9.17) is 0 Å². The predicted octanol–water partition coefficient (Wildman–Crippen LogP) is 3.70. The van der Waals surface area contributed by atoms with Crippen LogP contribution in [0.25, 0.3) is 0 Å². The molecule has 0 aliphatic heterocycles. The van der Waals surface area contributed by atoms with Crippen molar-refractivity contribution in [2.75, 3.05) is 0 Å². The lowest BCUT2D eigenvalue weighted by atomic mass is 9.74. The van der Waals surface area contributed by atoms with Crippen LogP contribution < -0.4 is 0 Å². The van der Waals surface area contributed by atoms with Crippen molar-refractivity contribution in [2.24, 2.45) is 5.92 Å². The van der Waals surface area contributed by atoms with Crippen LogP contribution in [0.3, 0.4) is 0 Å². The Kier molecular flexibility index (Phi) is 3.82. The monoisotopic (exact) mass is 236 g/mol. The van der Waals surface area contributed by atoms with Crippen molar-refractivity contribution < 1.29 is 9.50 Å². The van der Waals surface area contributed by atoms with Gasteiger partial charge in [-0.15, -0.1) is 0 Å². The molecule has 0 radical (unpaired) electrons. The van der Waals surface area contributed by atoms with E-state index in [0.29, 0.717) is 12.3 Å². The van der Waals surface area contributed by atoms with Gasteiger partial charge in [0.25, 0.3) is 0 Å². The van der Waals surface area contributed by atoms with Crippen molar-refractivity contribution in [1.82, 2.24) is 0 Å². The fraction of sp³-hybridized carbons (Fsp3) is 0.600. The van der Waals surface area contributed by atoms with Crippen LogP contribution in [0, 0.1) is 11.7 Å². The number of hydrogen-bond donors (Lipinski definition) is 1. The molecule has 0 saturated heterocycles. The number of benzene rings is 1. The van der Waals surface area contributed by atoms with Gasteiger partial charge in [-0.1, -0.05) is 38.3 Å². The van der Waals surface area contributed by atoms with Gasteiger partial charge in [-0.2, -0.15) is 0 Å². The number of hydrogen-bond acceptors (Lipinski definition) is 1. The van der Waals surface area contributed by atoms with E-state index in [1.165, 1.54) is 18.6 Å². The van der Waals surface area contributed by atoms with Crippen molar-refractivity contribution in [2.45, 2.75) is 51.0 Å². The summed E-state index contributed by atoms with van der Waals surface area (Å²) >= 11 is 0. The Labute approximate surface area is 103 Å². The molecule has 94 valence electrons. The maximum absolute atomic E-state index is 13.1.